The van der Waals surface area contributed by atoms with Gasteiger partial charge in [-0.25, -0.2) is 0 Å². The van der Waals surface area contributed by atoms with Gasteiger partial charge in [0.1, 0.15) is 5.75 Å². The number of halogens is 2. The number of anilines is 1. The predicted molar refractivity (Wildman–Crippen MR) is 78.8 cm³/mol. The Balaban J connectivity index is 2.87. The fourth-order valence-corrected chi connectivity index (χ4v) is 2.57. The molecule has 0 spiro atoms. The molecule has 1 atom stereocenters. The minimum atomic E-state index is -0.987. The number of ether oxygens (including phenoxy) is 1. The van der Waals surface area contributed by atoms with Crippen LogP contribution in [0.3, 0.4) is 0 Å². The van der Waals surface area contributed by atoms with Crippen LogP contribution in [-0.4, -0.2) is 25.0 Å². The molecule has 0 fully saturated rings. The Morgan fingerprint density at radius 3 is 2.53 bits per heavy atom. The number of carbonyl (C=O) groups is 2. The number of rotatable bonds is 5. The summed E-state index contributed by atoms with van der Waals surface area (Å²) < 4.78 is 6.51. The number of primary amides is 1. The van der Waals surface area contributed by atoms with Gasteiger partial charge < -0.3 is 21.5 Å². The molecule has 0 saturated heterocycles. The summed E-state index contributed by atoms with van der Waals surface area (Å²) in [4.78, 5) is 22.5. The molecule has 2 amide bonds. The van der Waals surface area contributed by atoms with E-state index in [0.29, 0.717) is 15.9 Å². The van der Waals surface area contributed by atoms with Crippen molar-refractivity contribution in [2.75, 3.05) is 12.4 Å². The van der Waals surface area contributed by atoms with Crippen molar-refractivity contribution in [3.05, 3.63) is 21.1 Å². The molecule has 1 aromatic rings. The fraction of sp³-hybridized carbons (Fsp3) is 0.273. The molecule has 1 unspecified atom stereocenters. The van der Waals surface area contributed by atoms with E-state index in [4.69, 9.17) is 16.2 Å². The summed E-state index contributed by atoms with van der Waals surface area (Å²) in [5, 5.41) is 2.60. The van der Waals surface area contributed by atoms with E-state index in [9.17, 15) is 9.59 Å². The zero-order valence-corrected chi connectivity index (χ0v) is 13.2. The first kappa shape index (κ1) is 15.9. The van der Waals surface area contributed by atoms with Crippen LogP contribution in [0.15, 0.2) is 21.1 Å². The summed E-state index contributed by atoms with van der Waals surface area (Å²) in [6.07, 6.45) is -0.211. The Morgan fingerprint density at radius 2 is 2.00 bits per heavy atom. The number of nitrogens with two attached hydrogens (primary N) is 2. The summed E-state index contributed by atoms with van der Waals surface area (Å²) in [5.41, 5.74) is 11.0. The lowest BCUT2D eigenvalue weighted by Crippen LogP contribution is -2.39. The molecule has 1 rings (SSSR count). The van der Waals surface area contributed by atoms with Crippen molar-refractivity contribution in [2.45, 2.75) is 12.5 Å². The molecule has 0 aliphatic rings. The van der Waals surface area contributed by atoms with E-state index >= 15 is 0 Å². The van der Waals surface area contributed by atoms with E-state index in [0.717, 1.165) is 4.47 Å². The van der Waals surface area contributed by atoms with E-state index in [1.807, 2.05) is 0 Å². The number of hydrogen-bond acceptors (Lipinski definition) is 4. The van der Waals surface area contributed by atoms with Gasteiger partial charge in [-0.1, -0.05) is 0 Å². The Bertz CT molecular complexity index is 508. The molecular weight excluding hydrogens is 382 g/mol. The van der Waals surface area contributed by atoms with E-state index in [1.165, 1.54) is 7.11 Å². The van der Waals surface area contributed by atoms with Crippen molar-refractivity contribution in [1.82, 2.24) is 0 Å². The minimum Gasteiger partial charge on any atom is -0.495 e. The predicted octanol–water partition coefficient (Wildman–Crippen LogP) is 1.36. The first-order chi connectivity index (χ1) is 8.85. The highest BCUT2D eigenvalue weighted by Gasteiger charge is 2.18. The largest absolute Gasteiger partial charge is 0.495 e. The van der Waals surface area contributed by atoms with E-state index < -0.39 is 17.9 Å². The first-order valence-corrected chi connectivity index (χ1v) is 6.81. The highest BCUT2D eigenvalue weighted by Crippen LogP contribution is 2.34. The third kappa shape index (κ3) is 4.48. The SMILES string of the molecule is COc1cc(NC(=O)C(N)CC(N)=O)c(Br)cc1Br. The van der Waals surface area contributed by atoms with Crippen molar-refractivity contribution in [3.63, 3.8) is 0 Å². The number of nitrogens with one attached hydrogen (secondary N) is 1. The summed E-state index contributed by atoms with van der Waals surface area (Å²) in [6.45, 7) is 0. The maximum Gasteiger partial charge on any atom is 0.241 e. The molecule has 0 heterocycles. The van der Waals surface area contributed by atoms with Gasteiger partial charge >= 0.3 is 0 Å². The van der Waals surface area contributed by atoms with Gasteiger partial charge in [-0.15, -0.1) is 0 Å². The molecule has 19 heavy (non-hydrogen) atoms. The van der Waals surface area contributed by atoms with Crippen molar-refractivity contribution >= 4 is 49.4 Å². The van der Waals surface area contributed by atoms with Gasteiger partial charge in [-0.3, -0.25) is 9.59 Å². The number of amides is 2. The van der Waals surface area contributed by atoms with Crippen LogP contribution in [0.2, 0.25) is 0 Å². The van der Waals surface area contributed by atoms with Gasteiger partial charge in [0.2, 0.25) is 11.8 Å². The Hall–Kier alpha value is -1.12. The van der Waals surface area contributed by atoms with E-state index in [-0.39, 0.29) is 6.42 Å². The molecule has 1 aromatic carbocycles. The lowest BCUT2D eigenvalue weighted by molar-refractivity contribution is -0.123. The molecule has 0 aliphatic heterocycles. The van der Waals surface area contributed by atoms with Gasteiger partial charge in [-0.05, 0) is 37.9 Å². The first-order valence-electron chi connectivity index (χ1n) is 5.23. The highest BCUT2D eigenvalue weighted by atomic mass is 79.9. The van der Waals surface area contributed by atoms with Gasteiger partial charge in [0.25, 0.3) is 0 Å². The average molecular weight is 395 g/mol. The molecule has 0 radical (unpaired) electrons. The topological polar surface area (TPSA) is 107 Å². The zero-order chi connectivity index (χ0) is 14.6. The van der Waals surface area contributed by atoms with Crippen LogP contribution in [0, 0.1) is 0 Å². The quantitative estimate of drug-likeness (QED) is 0.700. The third-order valence-corrected chi connectivity index (χ3v) is 3.53. The molecule has 6 nitrogen and oxygen atoms in total. The van der Waals surface area contributed by atoms with Crippen molar-refractivity contribution < 1.29 is 14.3 Å². The molecular formula is C11H13Br2N3O3. The summed E-state index contributed by atoms with van der Waals surface area (Å²) in [7, 11) is 1.51. The van der Waals surface area contributed by atoms with Crippen LogP contribution in [0.25, 0.3) is 0 Å². The summed E-state index contributed by atoms with van der Waals surface area (Å²) >= 11 is 6.62. The maximum atomic E-state index is 11.8. The van der Waals surface area contributed by atoms with Crippen LogP contribution < -0.4 is 21.5 Å². The van der Waals surface area contributed by atoms with Crippen molar-refractivity contribution in [1.29, 1.82) is 0 Å². The van der Waals surface area contributed by atoms with E-state index in [1.54, 1.807) is 12.1 Å². The smallest absolute Gasteiger partial charge is 0.241 e. The van der Waals surface area contributed by atoms with Gasteiger partial charge in [0, 0.05) is 10.5 Å². The Morgan fingerprint density at radius 1 is 1.37 bits per heavy atom. The standard InChI is InChI=1S/C11H13Br2N3O3/c1-19-9-4-8(5(12)2-6(9)13)16-11(18)7(14)3-10(15)17/h2,4,7H,3,14H2,1H3,(H2,15,17)(H,16,18). The third-order valence-electron chi connectivity index (χ3n) is 2.26. The maximum absolute atomic E-state index is 11.8. The van der Waals surface area contributed by atoms with Gasteiger partial charge in [0.15, 0.2) is 0 Å². The Labute approximate surface area is 127 Å². The molecule has 104 valence electrons. The minimum absolute atomic E-state index is 0.211. The monoisotopic (exact) mass is 393 g/mol. The molecule has 5 N–H and O–H groups in total. The summed E-state index contributed by atoms with van der Waals surface area (Å²) in [6, 6.07) is 2.37. The van der Waals surface area contributed by atoms with Crippen molar-refractivity contribution in [2.24, 2.45) is 11.5 Å². The second kappa shape index (κ2) is 6.88. The number of methoxy groups -OCH3 is 1. The second-order valence-electron chi connectivity index (χ2n) is 3.73. The molecule has 8 heteroatoms. The molecule has 0 aromatic heterocycles. The number of benzene rings is 1. The van der Waals surface area contributed by atoms with Gasteiger partial charge in [0.05, 0.1) is 29.7 Å². The molecule has 0 aliphatic carbocycles. The lowest BCUT2D eigenvalue weighted by atomic mass is 10.2. The second-order valence-corrected chi connectivity index (χ2v) is 5.44. The number of carbonyl (C=O) groups excluding carboxylic acids is 2. The van der Waals surface area contributed by atoms with Crippen LogP contribution in [0.5, 0.6) is 5.75 Å². The average Bonchev–Trinajstić information content (AvgIpc) is 2.31. The molecule has 0 bridgehead atoms. The highest BCUT2D eigenvalue weighted by molar-refractivity contribution is 9.11. The van der Waals surface area contributed by atoms with Crippen LogP contribution in [0.4, 0.5) is 5.69 Å². The van der Waals surface area contributed by atoms with Crippen LogP contribution in [0.1, 0.15) is 6.42 Å². The zero-order valence-electron chi connectivity index (χ0n) is 10.1. The normalized spacial score (nSPS) is 11.8. The van der Waals surface area contributed by atoms with Crippen molar-refractivity contribution in [3.8, 4) is 5.75 Å². The molecule has 0 saturated carbocycles. The van der Waals surface area contributed by atoms with E-state index in [2.05, 4.69) is 37.2 Å². The lowest BCUT2D eigenvalue weighted by Gasteiger charge is -2.13. The fourth-order valence-electron chi connectivity index (χ4n) is 1.32. The Kier molecular flexibility index (Phi) is 5.77. The number of hydrogen-bond donors (Lipinski definition) is 3. The van der Waals surface area contributed by atoms with Crippen LogP contribution >= 0.6 is 31.9 Å². The summed E-state index contributed by atoms with van der Waals surface area (Å²) in [5.74, 6) is -0.569. The van der Waals surface area contributed by atoms with Crippen LogP contribution in [-0.2, 0) is 9.59 Å². The van der Waals surface area contributed by atoms with Gasteiger partial charge in [-0.2, -0.15) is 0 Å².